The summed E-state index contributed by atoms with van der Waals surface area (Å²) >= 11 is 1.35. The molecule has 1 saturated heterocycles. The van der Waals surface area contributed by atoms with Crippen LogP contribution in [-0.2, 0) is 29.4 Å². The molecule has 9 heteroatoms. The molecule has 0 spiro atoms. The Hall–Kier alpha value is -3.40. The summed E-state index contributed by atoms with van der Waals surface area (Å²) in [6.45, 7) is 2.90. The lowest BCUT2D eigenvalue weighted by Gasteiger charge is -2.20. The third-order valence-corrected chi connectivity index (χ3v) is 8.72. The fourth-order valence-electron chi connectivity index (χ4n) is 4.77. The topological polar surface area (TPSA) is 83.6 Å². The number of aromatic nitrogens is 1. The smallest absolute Gasteiger partial charge is 0.263 e. The molecular weight excluding hydrogens is 516 g/mol. The molecule has 1 fully saturated rings. The molecule has 3 aromatic carbocycles. The summed E-state index contributed by atoms with van der Waals surface area (Å²) in [4.78, 5) is 6.76. The van der Waals surface area contributed by atoms with Gasteiger partial charge in [0, 0.05) is 36.7 Å². The van der Waals surface area contributed by atoms with Crippen LogP contribution >= 0.6 is 11.3 Å². The van der Waals surface area contributed by atoms with Crippen LogP contribution in [0.4, 0.5) is 11.5 Å². The number of methoxy groups -OCH3 is 1. The second-order valence-corrected chi connectivity index (χ2v) is 11.9. The zero-order valence-corrected chi connectivity index (χ0v) is 23.0. The zero-order valence-electron chi connectivity index (χ0n) is 21.3. The van der Waals surface area contributed by atoms with E-state index in [4.69, 9.17) is 4.74 Å². The van der Waals surface area contributed by atoms with Crippen LogP contribution in [0.15, 0.2) is 88.6 Å². The minimum Gasteiger partial charge on any atom is -0.497 e. The van der Waals surface area contributed by atoms with Crippen molar-refractivity contribution in [2.75, 3.05) is 30.2 Å². The predicted octanol–water partition coefficient (Wildman–Crippen LogP) is 5.42. The summed E-state index contributed by atoms with van der Waals surface area (Å²) in [5.41, 5.74) is 6.05. The van der Waals surface area contributed by atoms with E-state index in [-0.39, 0.29) is 4.90 Å². The van der Waals surface area contributed by atoms with Gasteiger partial charge in [0.2, 0.25) is 0 Å². The number of anilines is 2. The third kappa shape index (κ3) is 6.72. The molecule has 0 bridgehead atoms. The van der Waals surface area contributed by atoms with Crippen molar-refractivity contribution in [1.82, 2.24) is 9.88 Å². The average molecular weight is 549 g/mol. The van der Waals surface area contributed by atoms with Crippen LogP contribution in [0, 0.1) is 0 Å². The van der Waals surface area contributed by atoms with Gasteiger partial charge >= 0.3 is 0 Å². The maximum absolute atomic E-state index is 13.1. The van der Waals surface area contributed by atoms with Crippen molar-refractivity contribution in [1.29, 1.82) is 0 Å². The molecule has 198 valence electrons. The maximum Gasteiger partial charge on any atom is 0.263 e. The van der Waals surface area contributed by atoms with E-state index in [1.807, 2.05) is 24.3 Å². The van der Waals surface area contributed by atoms with Crippen LogP contribution in [0.2, 0.25) is 0 Å². The second kappa shape index (κ2) is 12.0. The normalized spacial score (nSPS) is 15.9. The lowest BCUT2D eigenvalue weighted by Crippen LogP contribution is -2.26. The van der Waals surface area contributed by atoms with E-state index in [1.165, 1.54) is 22.5 Å². The quantitative estimate of drug-likeness (QED) is 0.260. The molecule has 4 aromatic rings. The van der Waals surface area contributed by atoms with Gasteiger partial charge in [-0.05, 0) is 66.3 Å². The lowest BCUT2D eigenvalue weighted by atomic mass is 10.0. The van der Waals surface area contributed by atoms with Crippen molar-refractivity contribution >= 4 is 32.9 Å². The molecule has 0 saturated carbocycles. The van der Waals surface area contributed by atoms with Crippen LogP contribution in [-0.4, -0.2) is 44.5 Å². The van der Waals surface area contributed by atoms with E-state index in [0.717, 1.165) is 49.5 Å². The number of likely N-dealkylation sites (tertiary alicyclic amines) is 1. The van der Waals surface area contributed by atoms with Crippen LogP contribution in [0.1, 0.15) is 23.1 Å². The van der Waals surface area contributed by atoms with Crippen LogP contribution in [0.3, 0.4) is 0 Å². The summed E-state index contributed by atoms with van der Waals surface area (Å²) in [6, 6.07) is 24.2. The van der Waals surface area contributed by atoms with Gasteiger partial charge in [0.1, 0.15) is 5.75 Å². The minimum absolute atomic E-state index is 0.234. The Labute approximate surface area is 228 Å². The summed E-state index contributed by atoms with van der Waals surface area (Å²) in [7, 11) is -2.09. The van der Waals surface area contributed by atoms with Gasteiger partial charge in [-0.25, -0.2) is 13.4 Å². The number of benzene rings is 3. The Kier molecular flexibility index (Phi) is 8.26. The van der Waals surface area contributed by atoms with Gasteiger partial charge in [-0.15, -0.1) is 11.3 Å². The summed E-state index contributed by atoms with van der Waals surface area (Å²) in [5.74, 6) is 1.15. The largest absolute Gasteiger partial charge is 0.497 e. The fourth-order valence-corrected chi connectivity index (χ4v) is 6.38. The van der Waals surface area contributed by atoms with Crippen LogP contribution in [0.5, 0.6) is 5.75 Å². The molecule has 1 aliphatic heterocycles. The minimum atomic E-state index is -3.74. The zero-order chi connectivity index (χ0) is 26.4. The van der Waals surface area contributed by atoms with E-state index < -0.39 is 10.0 Å². The van der Waals surface area contributed by atoms with E-state index in [0.29, 0.717) is 18.3 Å². The highest BCUT2D eigenvalue weighted by molar-refractivity contribution is 7.92. The Morgan fingerprint density at radius 1 is 1.03 bits per heavy atom. The molecule has 1 atom stereocenters. The molecule has 1 aromatic heterocycles. The highest BCUT2D eigenvalue weighted by Crippen LogP contribution is 2.27. The molecule has 5 rings (SSSR count). The van der Waals surface area contributed by atoms with Gasteiger partial charge in [-0.2, -0.15) is 0 Å². The first-order chi connectivity index (χ1) is 18.5. The highest BCUT2D eigenvalue weighted by Gasteiger charge is 2.24. The molecule has 0 amide bonds. The molecule has 1 aliphatic rings. The molecule has 2 heterocycles. The molecule has 7 nitrogen and oxygen atoms in total. The van der Waals surface area contributed by atoms with Crippen molar-refractivity contribution in [2.24, 2.45) is 0 Å². The number of sulfonamides is 1. The summed E-state index contributed by atoms with van der Waals surface area (Å²) < 4.78 is 34.0. The van der Waals surface area contributed by atoms with E-state index in [9.17, 15) is 8.42 Å². The third-order valence-electron chi connectivity index (χ3n) is 6.78. The van der Waals surface area contributed by atoms with Crippen LogP contribution in [0.25, 0.3) is 0 Å². The van der Waals surface area contributed by atoms with Gasteiger partial charge in [0.05, 0.1) is 17.5 Å². The number of ether oxygens (including phenoxy) is 1. The Morgan fingerprint density at radius 3 is 2.58 bits per heavy atom. The predicted molar refractivity (Wildman–Crippen MR) is 154 cm³/mol. The number of hydrogen-bond acceptors (Lipinski definition) is 7. The molecule has 2 N–H and O–H groups in total. The highest BCUT2D eigenvalue weighted by atomic mass is 32.2. The number of rotatable bonds is 11. The Balaban J connectivity index is 1.33. The number of hydrogen-bond donors (Lipinski definition) is 2. The van der Waals surface area contributed by atoms with E-state index in [2.05, 4.69) is 56.3 Å². The first kappa shape index (κ1) is 26.2. The standard InChI is InChI=1S/C29H32N4O3S2/c1-36-26-11-8-22(9-12-26)7-10-24-17-27(38(34,35)32-29-20-37-21-30-29)13-14-28(24)31-25-15-16-33(19-25)18-23-5-3-2-4-6-23/h2-6,8-9,11-14,17,20-21,25,31-32H,7,10,15-16,18-19H2,1H3/t25-/m0/s1. The average Bonchev–Trinajstić information content (AvgIpc) is 3.60. The molecule has 0 radical (unpaired) electrons. The molecular formula is C29H32N4O3S2. The first-order valence-electron chi connectivity index (χ1n) is 12.7. The summed E-state index contributed by atoms with van der Waals surface area (Å²) in [5, 5.41) is 5.40. The second-order valence-electron chi connectivity index (χ2n) is 9.50. The number of nitrogens with zero attached hydrogens (tertiary/aromatic N) is 2. The number of nitrogens with one attached hydrogen (secondary N) is 2. The maximum atomic E-state index is 13.1. The molecule has 38 heavy (non-hydrogen) atoms. The summed E-state index contributed by atoms with van der Waals surface area (Å²) in [6.07, 6.45) is 2.53. The van der Waals surface area contributed by atoms with Gasteiger partial charge in [-0.1, -0.05) is 42.5 Å². The SMILES string of the molecule is COc1ccc(CCc2cc(S(=O)(=O)Nc3cscn3)ccc2N[C@H]2CCN(Cc3ccccc3)C2)cc1. The van der Waals surface area contributed by atoms with Gasteiger partial charge < -0.3 is 10.1 Å². The first-order valence-corrected chi connectivity index (χ1v) is 15.1. The monoisotopic (exact) mass is 548 g/mol. The van der Waals surface area contributed by atoms with Crippen LogP contribution < -0.4 is 14.8 Å². The fraction of sp³-hybridized carbons (Fsp3) is 0.276. The van der Waals surface area contributed by atoms with Crippen molar-refractivity contribution in [3.63, 3.8) is 0 Å². The van der Waals surface area contributed by atoms with Crippen molar-refractivity contribution in [3.8, 4) is 5.75 Å². The van der Waals surface area contributed by atoms with Gasteiger partial charge in [-0.3, -0.25) is 9.62 Å². The molecule has 0 unspecified atom stereocenters. The Morgan fingerprint density at radius 2 is 1.84 bits per heavy atom. The molecule has 0 aliphatic carbocycles. The number of aryl methyl sites for hydroxylation is 2. The van der Waals surface area contributed by atoms with Crippen molar-refractivity contribution in [3.05, 3.63) is 100 Å². The van der Waals surface area contributed by atoms with E-state index >= 15 is 0 Å². The number of thiazole rings is 1. The Bertz CT molecular complexity index is 1430. The van der Waals surface area contributed by atoms with Crippen molar-refractivity contribution in [2.45, 2.75) is 36.7 Å². The van der Waals surface area contributed by atoms with Gasteiger partial charge in [0.15, 0.2) is 5.82 Å². The van der Waals surface area contributed by atoms with E-state index in [1.54, 1.807) is 30.1 Å². The van der Waals surface area contributed by atoms with Crippen molar-refractivity contribution < 1.29 is 13.2 Å². The van der Waals surface area contributed by atoms with Gasteiger partial charge in [0.25, 0.3) is 10.0 Å². The lowest BCUT2D eigenvalue weighted by molar-refractivity contribution is 0.328.